The summed E-state index contributed by atoms with van der Waals surface area (Å²) in [5, 5.41) is 28.6. The summed E-state index contributed by atoms with van der Waals surface area (Å²) in [7, 11) is 0. The van der Waals surface area contributed by atoms with Gasteiger partial charge in [-0.2, -0.15) is 0 Å². The quantitative estimate of drug-likeness (QED) is 0.394. The van der Waals surface area contributed by atoms with E-state index in [1.54, 1.807) is 0 Å². The summed E-state index contributed by atoms with van der Waals surface area (Å²) in [5.41, 5.74) is -1.32. The minimum Gasteiger partial charge on any atom is -0.394 e. The van der Waals surface area contributed by atoms with Crippen molar-refractivity contribution in [2.45, 2.75) is 24.5 Å². The fraction of sp³-hybridized carbons (Fsp3) is 0.500. The number of rotatable bonds is 2. The highest BCUT2D eigenvalue weighted by molar-refractivity contribution is 5.68. The van der Waals surface area contributed by atoms with Crippen molar-refractivity contribution in [2.24, 2.45) is 0 Å². The SMILES string of the molecule is O=c1[nH]cnc2c1[nH]c(=O)n2C1O[C@H](CO)[C@@H](O)[C@H]1O. The van der Waals surface area contributed by atoms with Crippen LogP contribution in [0.25, 0.3) is 11.2 Å². The zero-order valence-corrected chi connectivity index (χ0v) is 10.1. The number of H-pyrrole nitrogens is 2. The van der Waals surface area contributed by atoms with E-state index in [-0.39, 0.29) is 11.2 Å². The van der Waals surface area contributed by atoms with Crippen molar-refractivity contribution in [2.75, 3.05) is 6.61 Å². The number of fused-ring (bicyclic) bond motifs is 1. The van der Waals surface area contributed by atoms with Gasteiger partial charge < -0.3 is 25.0 Å². The van der Waals surface area contributed by atoms with E-state index >= 15 is 0 Å². The molecule has 0 bridgehead atoms. The third-order valence-electron chi connectivity index (χ3n) is 3.28. The topological polar surface area (TPSA) is 153 Å². The average Bonchev–Trinajstić information content (AvgIpc) is 2.90. The van der Waals surface area contributed by atoms with Gasteiger partial charge in [0.05, 0.1) is 12.9 Å². The zero-order chi connectivity index (χ0) is 14.4. The summed E-state index contributed by atoms with van der Waals surface area (Å²) < 4.78 is 6.19. The van der Waals surface area contributed by atoms with E-state index < -0.39 is 42.4 Å². The van der Waals surface area contributed by atoms with Crippen LogP contribution in [-0.2, 0) is 4.74 Å². The molecule has 3 rings (SSSR count). The molecule has 0 radical (unpaired) electrons. The molecule has 5 N–H and O–H groups in total. The van der Waals surface area contributed by atoms with Crippen LogP contribution in [0, 0.1) is 0 Å². The van der Waals surface area contributed by atoms with E-state index in [1.165, 1.54) is 0 Å². The van der Waals surface area contributed by atoms with Gasteiger partial charge in [-0.05, 0) is 0 Å². The number of aromatic amines is 2. The predicted octanol–water partition coefficient (Wildman–Crippen LogP) is -2.98. The number of nitrogens with zero attached hydrogens (tertiary/aromatic N) is 2. The molecule has 1 unspecified atom stereocenters. The van der Waals surface area contributed by atoms with E-state index in [0.29, 0.717) is 0 Å². The van der Waals surface area contributed by atoms with Gasteiger partial charge in [0, 0.05) is 0 Å². The Hall–Kier alpha value is -2.01. The summed E-state index contributed by atoms with van der Waals surface area (Å²) in [6.07, 6.45) is -3.92. The van der Waals surface area contributed by atoms with E-state index in [0.717, 1.165) is 10.9 Å². The van der Waals surface area contributed by atoms with Crippen molar-refractivity contribution in [3.8, 4) is 0 Å². The Labute approximate surface area is 110 Å². The normalized spacial score (nSPS) is 30.1. The summed E-state index contributed by atoms with van der Waals surface area (Å²) in [5.74, 6) is 0. The standard InChI is InChI=1S/C10H12N4O6/c15-1-3-5(16)6(17)9(20-3)14-7-4(13-10(14)19)8(18)12-2-11-7/h2-3,5-6,9,15-17H,1H2,(H,13,19)(H,11,12,18)/t3-,5-,6-,9?/m1/s1. The molecule has 0 aromatic carbocycles. The molecule has 1 aliphatic rings. The summed E-state index contributed by atoms with van der Waals surface area (Å²) >= 11 is 0. The first kappa shape index (κ1) is 13.0. The Balaban J connectivity index is 2.16. The van der Waals surface area contributed by atoms with Gasteiger partial charge in [0.2, 0.25) is 0 Å². The summed E-state index contributed by atoms with van der Waals surface area (Å²) in [4.78, 5) is 31.9. The fourth-order valence-electron chi connectivity index (χ4n) is 2.28. The molecule has 2 aromatic heterocycles. The van der Waals surface area contributed by atoms with Crippen LogP contribution in [-0.4, -0.2) is 59.8 Å². The molecule has 0 saturated carbocycles. The molecule has 2 aromatic rings. The lowest BCUT2D eigenvalue weighted by Gasteiger charge is -2.15. The molecule has 1 saturated heterocycles. The molecule has 4 atom stereocenters. The van der Waals surface area contributed by atoms with Gasteiger partial charge in [-0.15, -0.1) is 0 Å². The van der Waals surface area contributed by atoms with Gasteiger partial charge in [-0.3, -0.25) is 9.78 Å². The Bertz CT molecular complexity index is 748. The minimum absolute atomic E-state index is 0.00594. The second-order valence-corrected chi connectivity index (χ2v) is 4.46. The van der Waals surface area contributed by atoms with Crippen molar-refractivity contribution in [1.82, 2.24) is 19.5 Å². The molecule has 0 spiro atoms. The minimum atomic E-state index is -1.43. The highest BCUT2D eigenvalue weighted by Crippen LogP contribution is 2.29. The van der Waals surface area contributed by atoms with Crippen molar-refractivity contribution < 1.29 is 20.1 Å². The first-order chi connectivity index (χ1) is 9.54. The van der Waals surface area contributed by atoms with Gasteiger partial charge in [-0.1, -0.05) is 0 Å². The first-order valence-corrected chi connectivity index (χ1v) is 5.85. The van der Waals surface area contributed by atoms with Crippen molar-refractivity contribution in [3.63, 3.8) is 0 Å². The lowest BCUT2D eigenvalue weighted by molar-refractivity contribution is -0.0524. The maximum atomic E-state index is 11.9. The van der Waals surface area contributed by atoms with Gasteiger partial charge >= 0.3 is 5.69 Å². The van der Waals surface area contributed by atoms with Crippen LogP contribution in [0.2, 0.25) is 0 Å². The zero-order valence-electron chi connectivity index (χ0n) is 10.1. The number of aliphatic hydroxyl groups is 3. The average molecular weight is 284 g/mol. The predicted molar refractivity (Wildman–Crippen MR) is 64.0 cm³/mol. The van der Waals surface area contributed by atoms with Crippen LogP contribution >= 0.6 is 0 Å². The largest absolute Gasteiger partial charge is 0.394 e. The molecule has 0 aliphatic carbocycles. The second kappa shape index (κ2) is 4.52. The van der Waals surface area contributed by atoms with E-state index in [9.17, 15) is 19.8 Å². The lowest BCUT2D eigenvalue weighted by atomic mass is 10.1. The Morgan fingerprint density at radius 2 is 2.10 bits per heavy atom. The molecule has 1 aliphatic heterocycles. The molecule has 0 amide bonds. The summed E-state index contributed by atoms with van der Waals surface area (Å²) in [6, 6.07) is 0. The maximum Gasteiger partial charge on any atom is 0.330 e. The first-order valence-electron chi connectivity index (χ1n) is 5.85. The second-order valence-electron chi connectivity index (χ2n) is 4.46. The van der Waals surface area contributed by atoms with Crippen LogP contribution in [0.15, 0.2) is 15.9 Å². The highest BCUT2D eigenvalue weighted by atomic mass is 16.6. The number of hydrogen-bond acceptors (Lipinski definition) is 7. The lowest BCUT2D eigenvalue weighted by Crippen LogP contribution is -2.34. The molecule has 10 heteroatoms. The van der Waals surface area contributed by atoms with Crippen LogP contribution in [0.1, 0.15) is 6.23 Å². The molecular formula is C10H12N4O6. The van der Waals surface area contributed by atoms with Crippen molar-refractivity contribution in [1.29, 1.82) is 0 Å². The Morgan fingerprint density at radius 1 is 1.35 bits per heavy atom. The van der Waals surface area contributed by atoms with Gasteiger partial charge in [0.15, 0.2) is 17.4 Å². The van der Waals surface area contributed by atoms with Crippen molar-refractivity contribution >= 4 is 11.2 Å². The van der Waals surface area contributed by atoms with Gasteiger partial charge in [0.25, 0.3) is 5.56 Å². The Kier molecular flexibility index (Phi) is 2.94. The fourth-order valence-corrected chi connectivity index (χ4v) is 2.28. The van der Waals surface area contributed by atoms with E-state index in [4.69, 9.17) is 9.84 Å². The third kappa shape index (κ3) is 1.70. The number of aliphatic hydroxyl groups excluding tert-OH is 3. The monoisotopic (exact) mass is 284 g/mol. The molecule has 108 valence electrons. The number of imidazole rings is 1. The molecule has 10 nitrogen and oxygen atoms in total. The van der Waals surface area contributed by atoms with Crippen molar-refractivity contribution in [3.05, 3.63) is 27.2 Å². The van der Waals surface area contributed by atoms with E-state index in [1.807, 2.05) is 0 Å². The number of ether oxygens (including phenoxy) is 1. The number of nitrogens with one attached hydrogen (secondary N) is 2. The van der Waals surface area contributed by atoms with Crippen LogP contribution in [0.5, 0.6) is 0 Å². The molecule has 3 heterocycles. The van der Waals surface area contributed by atoms with E-state index in [2.05, 4.69) is 15.0 Å². The Morgan fingerprint density at radius 3 is 2.75 bits per heavy atom. The van der Waals surface area contributed by atoms with Crippen LogP contribution < -0.4 is 11.2 Å². The smallest absolute Gasteiger partial charge is 0.330 e. The number of hydrogen-bond donors (Lipinski definition) is 5. The van der Waals surface area contributed by atoms with Gasteiger partial charge in [-0.25, -0.2) is 14.3 Å². The molecular weight excluding hydrogens is 272 g/mol. The van der Waals surface area contributed by atoms with Crippen LogP contribution in [0.3, 0.4) is 0 Å². The highest BCUT2D eigenvalue weighted by Gasteiger charge is 2.44. The summed E-state index contributed by atoms with van der Waals surface area (Å²) in [6.45, 7) is -0.514. The third-order valence-corrected chi connectivity index (χ3v) is 3.28. The molecule has 1 fully saturated rings. The molecule has 20 heavy (non-hydrogen) atoms. The van der Waals surface area contributed by atoms with Crippen LogP contribution in [0.4, 0.5) is 0 Å². The number of aromatic nitrogens is 4. The van der Waals surface area contributed by atoms with Gasteiger partial charge in [0.1, 0.15) is 18.3 Å². The maximum absolute atomic E-state index is 11.9.